The number of amides is 5. The highest BCUT2D eigenvalue weighted by Crippen LogP contribution is 2.44. The molecule has 0 aromatic heterocycles. The van der Waals surface area contributed by atoms with Crippen LogP contribution in [0, 0.1) is 0 Å². The Hall–Kier alpha value is -2.56. The summed E-state index contributed by atoms with van der Waals surface area (Å²) >= 11 is 1.51. The third-order valence-corrected chi connectivity index (χ3v) is 7.53. The summed E-state index contributed by atoms with van der Waals surface area (Å²) in [5.41, 5.74) is 0. The van der Waals surface area contributed by atoms with E-state index < -0.39 is 10.7 Å². The lowest BCUT2D eigenvalue weighted by atomic mass is 9.88. The number of carbonyl (C=O) groups is 5. The van der Waals surface area contributed by atoms with E-state index in [9.17, 15) is 24.0 Å². The highest BCUT2D eigenvalue weighted by molar-refractivity contribution is 8.01. The number of nitrogens with one attached hydrogen (secondary N) is 3. The van der Waals surface area contributed by atoms with Crippen LogP contribution in [0.3, 0.4) is 0 Å². The van der Waals surface area contributed by atoms with Crippen LogP contribution in [0.2, 0.25) is 0 Å². The van der Waals surface area contributed by atoms with Gasteiger partial charge >= 0.3 is 12.0 Å². The zero-order valence-corrected chi connectivity index (χ0v) is 18.0. The molecule has 3 aliphatic rings. The number of thioether (sulfide) groups is 1. The van der Waals surface area contributed by atoms with Gasteiger partial charge in [0.2, 0.25) is 5.91 Å². The average molecular weight is 453 g/mol. The number of fused-ring (bicyclic) bond motifs is 1. The van der Waals surface area contributed by atoms with Crippen molar-refractivity contribution in [2.75, 3.05) is 18.8 Å². The zero-order chi connectivity index (χ0) is 22.4. The number of carboxylic acid groups (broad SMARTS) is 1. The second-order valence-electron chi connectivity index (χ2n) is 7.98. The van der Waals surface area contributed by atoms with E-state index in [4.69, 9.17) is 5.11 Å². The Morgan fingerprint density at radius 3 is 2.55 bits per heavy atom. The molecule has 3 aliphatic heterocycles. The molecule has 0 aromatic rings. The monoisotopic (exact) mass is 452 g/mol. The summed E-state index contributed by atoms with van der Waals surface area (Å²) in [4.78, 5) is 60.0. The number of rotatable bonds is 12. The van der Waals surface area contributed by atoms with E-state index >= 15 is 0 Å². The lowest BCUT2D eigenvalue weighted by Crippen LogP contribution is -2.56. The molecule has 2 fully saturated rings. The van der Waals surface area contributed by atoms with E-state index in [-0.39, 0.29) is 42.3 Å². The topological polar surface area (TPSA) is 145 Å². The summed E-state index contributed by atoms with van der Waals surface area (Å²) in [6.07, 6.45) is 6.25. The number of carboxylic acids is 1. The molecule has 11 heteroatoms. The number of aliphatic carboxylic acids is 1. The molecule has 3 atom stereocenters. The number of unbranched alkanes of at least 4 members (excludes halogenated alkanes) is 3. The van der Waals surface area contributed by atoms with Gasteiger partial charge in [-0.15, -0.1) is 11.8 Å². The first-order valence-corrected chi connectivity index (χ1v) is 11.6. The Bertz CT molecular complexity index is 770. The van der Waals surface area contributed by atoms with Gasteiger partial charge in [0, 0.05) is 37.4 Å². The van der Waals surface area contributed by atoms with Gasteiger partial charge in [0.1, 0.15) is 4.75 Å². The van der Waals surface area contributed by atoms with Crippen molar-refractivity contribution in [1.29, 1.82) is 0 Å². The van der Waals surface area contributed by atoms with Crippen LogP contribution in [0.4, 0.5) is 4.79 Å². The number of hydrogen-bond acceptors (Lipinski definition) is 6. The summed E-state index contributed by atoms with van der Waals surface area (Å²) in [6.45, 7) is 0.818. The van der Waals surface area contributed by atoms with Gasteiger partial charge < -0.3 is 21.1 Å². The fourth-order valence-electron chi connectivity index (χ4n) is 4.23. The maximum absolute atomic E-state index is 13.1. The molecule has 0 aromatic carbocycles. The Morgan fingerprint density at radius 2 is 1.84 bits per heavy atom. The summed E-state index contributed by atoms with van der Waals surface area (Å²) in [5, 5.41) is 17.5. The molecule has 0 saturated carbocycles. The second-order valence-corrected chi connectivity index (χ2v) is 9.33. The normalized spacial score (nSPS) is 26.7. The lowest BCUT2D eigenvalue weighted by Gasteiger charge is -2.32. The minimum atomic E-state index is -0.862. The number of hydrogen-bond donors (Lipinski definition) is 4. The second kappa shape index (κ2) is 10.2. The van der Waals surface area contributed by atoms with E-state index in [2.05, 4.69) is 16.0 Å². The molecule has 31 heavy (non-hydrogen) atoms. The van der Waals surface area contributed by atoms with Gasteiger partial charge in [0.05, 0.1) is 12.1 Å². The molecule has 4 N–H and O–H groups in total. The zero-order valence-electron chi connectivity index (χ0n) is 17.2. The number of imide groups is 1. The van der Waals surface area contributed by atoms with Crippen molar-refractivity contribution < 1.29 is 29.1 Å². The van der Waals surface area contributed by atoms with Crippen molar-refractivity contribution in [1.82, 2.24) is 20.9 Å². The van der Waals surface area contributed by atoms with Crippen LogP contribution >= 0.6 is 11.8 Å². The third kappa shape index (κ3) is 5.38. The lowest BCUT2D eigenvalue weighted by molar-refractivity contribution is -0.138. The Balaban J connectivity index is 1.46. The quantitative estimate of drug-likeness (QED) is 0.190. The van der Waals surface area contributed by atoms with Gasteiger partial charge in [-0.3, -0.25) is 24.1 Å². The Morgan fingerprint density at radius 1 is 1.10 bits per heavy atom. The summed E-state index contributed by atoms with van der Waals surface area (Å²) in [6, 6.07) is -0.722. The van der Waals surface area contributed by atoms with Crippen molar-refractivity contribution in [2.45, 2.75) is 61.8 Å². The SMILES string of the molecule is O=C(O)CCCC[C@]1(C(=O)NCCCCCN2C(=O)C=CC2=O)SC[C@@H]2NC(=O)N[C@@H]21. The number of urea groups is 1. The van der Waals surface area contributed by atoms with Gasteiger partial charge in [0.25, 0.3) is 11.8 Å². The van der Waals surface area contributed by atoms with Crippen LogP contribution in [0.5, 0.6) is 0 Å². The van der Waals surface area contributed by atoms with Gasteiger partial charge in [-0.1, -0.05) is 6.42 Å². The highest BCUT2D eigenvalue weighted by Gasteiger charge is 2.57. The average Bonchev–Trinajstić information content (AvgIpc) is 3.36. The van der Waals surface area contributed by atoms with E-state index in [0.29, 0.717) is 50.9 Å². The third-order valence-electron chi connectivity index (χ3n) is 5.85. The minimum absolute atomic E-state index is 0.0542. The predicted octanol–water partition coefficient (Wildman–Crippen LogP) is 0.379. The number of carbonyl (C=O) groups excluding carboxylic acids is 4. The van der Waals surface area contributed by atoms with Crippen LogP contribution < -0.4 is 16.0 Å². The van der Waals surface area contributed by atoms with Crippen molar-refractivity contribution in [3.8, 4) is 0 Å². The van der Waals surface area contributed by atoms with Gasteiger partial charge in [-0.2, -0.15) is 0 Å². The summed E-state index contributed by atoms with van der Waals surface area (Å²) in [7, 11) is 0. The van der Waals surface area contributed by atoms with Crippen molar-refractivity contribution in [2.24, 2.45) is 0 Å². The standard InChI is InChI=1S/C20H28N4O6S/c25-14-7-8-15(26)24(14)11-5-1-4-10-21-18(29)20(9-3-2-6-16(27)28)17-13(12-31-20)22-19(30)23-17/h7-8,13,17H,1-6,9-12H2,(H,21,29)(H,27,28)(H2,22,23,30)/t13-,17-,20-/m0/s1. The Labute approximate surface area is 184 Å². The van der Waals surface area contributed by atoms with E-state index in [0.717, 1.165) is 6.42 Å². The molecule has 0 unspecified atom stereocenters. The van der Waals surface area contributed by atoms with Crippen LogP contribution in [0.1, 0.15) is 44.9 Å². The summed E-state index contributed by atoms with van der Waals surface area (Å²) in [5.74, 6) is -0.953. The van der Waals surface area contributed by atoms with E-state index in [1.807, 2.05) is 0 Å². The molecule has 0 bridgehead atoms. The van der Waals surface area contributed by atoms with E-state index in [1.165, 1.54) is 28.8 Å². The predicted molar refractivity (Wildman–Crippen MR) is 113 cm³/mol. The molecule has 0 aliphatic carbocycles. The molecule has 10 nitrogen and oxygen atoms in total. The Kier molecular flexibility index (Phi) is 7.58. The van der Waals surface area contributed by atoms with Crippen LogP contribution in [-0.2, 0) is 19.2 Å². The van der Waals surface area contributed by atoms with Crippen molar-refractivity contribution >= 4 is 41.5 Å². The van der Waals surface area contributed by atoms with Crippen LogP contribution in [0.25, 0.3) is 0 Å². The molecular formula is C20H28N4O6S. The smallest absolute Gasteiger partial charge is 0.315 e. The number of nitrogens with zero attached hydrogens (tertiary/aromatic N) is 1. The first-order chi connectivity index (χ1) is 14.8. The molecular weight excluding hydrogens is 424 g/mol. The highest BCUT2D eigenvalue weighted by atomic mass is 32.2. The molecule has 3 rings (SSSR count). The maximum Gasteiger partial charge on any atom is 0.315 e. The largest absolute Gasteiger partial charge is 0.481 e. The van der Waals surface area contributed by atoms with Crippen LogP contribution in [-0.4, -0.2) is 75.4 Å². The molecule has 0 radical (unpaired) electrons. The fourth-order valence-corrected chi connectivity index (χ4v) is 5.88. The van der Waals surface area contributed by atoms with Gasteiger partial charge in [0.15, 0.2) is 0 Å². The van der Waals surface area contributed by atoms with Crippen molar-refractivity contribution in [3.05, 3.63) is 12.2 Å². The molecule has 5 amide bonds. The molecule has 170 valence electrons. The first-order valence-electron chi connectivity index (χ1n) is 10.6. The first kappa shape index (κ1) is 23.1. The molecule has 2 saturated heterocycles. The fraction of sp³-hybridized carbons (Fsp3) is 0.650. The maximum atomic E-state index is 13.1. The molecule has 0 spiro atoms. The van der Waals surface area contributed by atoms with Gasteiger partial charge in [-0.05, 0) is 32.1 Å². The van der Waals surface area contributed by atoms with Crippen molar-refractivity contribution in [3.63, 3.8) is 0 Å². The summed E-state index contributed by atoms with van der Waals surface area (Å²) < 4.78 is -0.817. The molecule has 3 heterocycles. The minimum Gasteiger partial charge on any atom is -0.481 e. The van der Waals surface area contributed by atoms with Crippen LogP contribution in [0.15, 0.2) is 12.2 Å². The van der Waals surface area contributed by atoms with E-state index in [1.54, 1.807) is 0 Å². The van der Waals surface area contributed by atoms with Gasteiger partial charge in [-0.25, -0.2) is 4.79 Å².